The highest BCUT2D eigenvalue weighted by Gasteiger charge is 2.19. The summed E-state index contributed by atoms with van der Waals surface area (Å²) in [7, 11) is 3.30. The number of nitrogens with two attached hydrogens (primary N) is 1. The first-order chi connectivity index (χ1) is 10.2. The van der Waals surface area contributed by atoms with E-state index < -0.39 is 0 Å². The van der Waals surface area contributed by atoms with Crippen LogP contribution in [0.4, 0.5) is 0 Å². The molecule has 0 aliphatic heterocycles. The second-order valence-corrected chi connectivity index (χ2v) is 4.74. The Labute approximate surface area is 127 Å². The van der Waals surface area contributed by atoms with Gasteiger partial charge in [-0.25, -0.2) is 0 Å². The molecule has 0 aliphatic carbocycles. The van der Waals surface area contributed by atoms with Crippen LogP contribution in [0.5, 0.6) is 5.75 Å². The maximum Gasteiger partial charge on any atom is 0.118 e. The Morgan fingerprint density at radius 2 is 1.67 bits per heavy atom. The molecule has 0 bridgehead atoms. The van der Waals surface area contributed by atoms with Crippen molar-refractivity contribution in [1.29, 1.82) is 0 Å². The smallest absolute Gasteiger partial charge is 0.118 e. The van der Waals surface area contributed by atoms with Gasteiger partial charge in [0, 0.05) is 13.2 Å². The molecule has 0 spiro atoms. The van der Waals surface area contributed by atoms with Gasteiger partial charge in [-0.2, -0.15) is 0 Å². The van der Waals surface area contributed by atoms with E-state index >= 15 is 0 Å². The fourth-order valence-corrected chi connectivity index (χ4v) is 1.95. The van der Waals surface area contributed by atoms with Crippen molar-refractivity contribution < 1.29 is 18.9 Å². The Hall–Kier alpha value is -1.14. The van der Waals surface area contributed by atoms with E-state index in [4.69, 9.17) is 24.7 Å². The molecule has 0 heterocycles. The lowest BCUT2D eigenvalue weighted by Gasteiger charge is -2.24. The van der Waals surface area contributed by atoms with Gasteiger partial charge in [0.25, 0.3) is 0 Å². The molecule has 21 heavy (non-hydrogen) atoms. The SMILES string of the molecule is CCC(N)C(OCCOCCOC)c1ccc(OC)cc1. The van der Waals surface area contributed by atoms with Crippen LogP contribution >= 0.6 is 0 Å². The topological polar surface area (TPSA) is 62.9 Å². The maximum absolute atomic E-state index is 6.17. The highest BCUT2D eigenvalue weighted by molar-refractivity contribution is 5.29. The predicted molar refractivity (Wildman–Crippen MR) is 82.6 cm³/mol. The molecule has 2 atom stereocenters. The maximum atomic E-state index is 6.17. The lowest BCUT2D eigenvalue weighted by atomic mass is 10.0. The number of rotatable bonds is 11. The van der Waals surface area contributed by atoms with Crippen LogP contribution in [0.25, 0.3) is 0 Å². The fourth-order valence-electron chi connectivity index (χ4n) is 1.95. The summed E-state index contributed by atoms with van der Waals surface area (Å²) >= 11 is 0. The highest BCUT2D eigenvalue weighted by Crippen LogP contribution is 2.24. The molecular formula is C16H27NO4. The van der Waals surface area contributed by atoms with Crippen molar-refractivity contribution in [2.75, 3.05) is 40.6 Å². The summed E-state index contributed by atoms with van der Waals surface area (Å²) < 4.78 is 21.4. The van der Waals surface area contributed by atoms with E-state index in [0.717, 1.165) is 17.7 Å². The Balaban J connectivity index is 2.51. The van der Waals surface area contributed by atoms with Gasteiger partial charge in [0.2, 0.25) is 0 Å². The predicted octanol–water partition coefficient (Wildman–Crippen LogP) is 2.15. The zero-order chi connectivity index (χ0) is 15.5. The molecule has 0 amide bonds. The largest absolute Gasteiger partial charge is 0.497 e. The van der Waals surface area contributed by atoms with Crippen LogP contribution in [0.15, 0.2) is 24.3 Å². The summed E-state index contributed by atoms with van der Waals surface area (Å²) in [5, 5.41) is 0. The summed E-state index contributed by atoms with van der Waals surface area (Å²) in [6.45, 7) is 4.27. The van der Waals surface area contributed by atoms with E-state index in [1.54, 1.807) is 14.2 Å². The lowest BCUT2D eigenvalue weighted by molar-refractivity contribution is -0.0166. The number of hydrogen-bond acceptors (Lipinski definition) is 5. The van der Waals surface area contributed by atoms with Gasteiger partial charge in [-0.05, 0) is 24.1 Å². The van der Waals surface area contributed by atoms with Crippen LogP contribution in [-0.4, -0.2) is 46.7 Å². The molecular weight excluding hydrogens is 270 g/mol. The zero-order valence-corrected chi connectivity index (χ0v) is 13.2. The minimum atomic E-state index is -0.132. The molecule has 5 nitrogen and oxygen atoms in total. The van der Waals surface area contributed by atoms with Gasteiger partial charge in [0.05, 0.1) is 39.6 Å². The van der Waals surface area contributed by atoms with Crippen molar-refractivity contribution in [2.24, 2.45) is 5.73 Å². The van der Waals surface area contributed by atoms with E-state index in [1.165, 1.54) is 0 Å². The number of benzene rings is 1. The summed E-state index contributed by atoms with van der Waals surface area (Å²) in [5.74, 6) is 0.825. The third-order valence-corrected chi connectivity index (χ3v) is 3.26. The first-order valence-electron chi connectivity index (χ1n) is 7.30. The van der Waals surface area contributed by atoms with Crippen LogP contribution in [0.2, 0.25) is 0 Å². The molecule has 2 unspecified atom stereocenters. The fraction of sp³-hybridized carbons (Fsp3) is 0.625. The zero-order valence-electron chi connectivity index (χ0n) is 13.2. The third kappa shape index (κ3) is 6.44. The summed E-state index contributed by atoms with van der Waals surface area (Å²) in [4.78, 5) is 0. The minimum absolute atomic E-state index is 0.0441. The Bertz CT molecular complexity index is 369. The molecule has 1 aromatic rings. The third-order valence-electron chi connectivity index (χ3n) is 3.26. The molecule has 0 fully saturated rings. The number of hydrogen-bond donors (Lipinski definition) is 1. The summed E-state index contributed by atoms with van der Waals surface area (Å²) in [5.41, 5.74) is 7.22. The first kappa shape index (κ1) is 17.9. The van der Waals surface area contributed by atoms with Gasteiger partial charge < -0.3 is 24.7 Å². The van der Waals surface area contributed by atoms with Crippen molar-refractivity contribution in [3.05, 3.63) is 29.8 Å². The van der Waals surface area contributed by atoms with Gasteiger partial charge >= 0.3 is 0 Å². The van der Waals surface area contributed by atoms with Crippen LogP contribution in [0, 0.1) is 0 Å². The highest BCUT2D eigenvalue weighted by atomic mass is 16.5. The molecule has 0 aliphatic rings. The van der Waals surface area contributed by atoms with E-state index in [2.05, 4.69) is 6.92 Å². The minimum Gasteiger partial charge on any atom is -0.497 e. The Kier molecular flexibility index (Phi) is 9.01. The second kappa shape index (κ2) is 10.6. The average Bonchev–Trinajstić information content (AvgIpc) is 2.54. The van der Waals surface area contributed by atoms with Crippen molar-refractivity contribution in [3.63, 3.8) is 0 Å². The van der Waals surface area contributed by atoms with E-state index in [-0.39, 0.29) is 12.1 Å². The molecule has 0 saturated heterocycles. The van der Waals surface area contributed by atoms with Gasteiger partial charge in [-0.3, -0.25) is 0 Å². The number of methoxy groups -OCH3 is 2. The standard InChI is InChI=1S/C16H27NO4/c1-4-15(17)16(21-12-11-20-10-9-18-2)13-5-7-14(19-3)8-6-13/h5-8,15-16H,4,9-12,17H2,1-3H3. The van der Waals surface area contributed by atoms with Gasteiger partial charge in [-0.1, -0.05) is 19.1 Å². The van der Waals surface area contributed by atoms with E-state index in [0.29, 0.717) is 26.4 Å². The van der Waals surface area contributed by atoms with Crippen LogP contribution < -0.4 is 10.5 Å². The van der Waals surface area contributed by atoms with Crippen molar-refractivity contribution in [1.82, 2.24) is 0 Å². The molecule has 1 aromatic carbocycles. The molecule has 0 saturated carbocycles. The van der Waals surface area contributed by atoms with Gasteiger partial charge in [0.1, 0.15) is 5.75 Å². The molecule has 5 heteroatoms. The lowest BCUT2D eigenvalue weighted by Crippen LogP contribution is -2.30. The van der Waals surface area contributed by atoms with Gasteiger partial charge in [0.15, 0.2) is 0 Å². The van der Waals surface area contributed by atoms with Crippen LogP contribution in [-0.2, 0) is 14.2 Å². The van der Waals surface area contributed by atoms with Crippen molar-refractivity contribution >= 4 is 0 Å². The molecule has 0 aromatic heterocycles. The Morgan fingerprint density at radius 3 is 2.24 bits per heavy atom. The molecule has 0 radical (unpaired) electrons. The Morgan fingerprint density at radius 1 is 1.00 bits per heavy atom. The van der Waals surface area contributed by atoms with Crippen molar-refractivity contribution in [2.45, 2.75) is 25.5 Å². The van der Waals surface area contributed by atoms with Gasteiger partial charge in [-0.15, -0.1) is 0 Å². The average molecular weight is 297 g/mol. The summed E-state index contributed by atoms with van der Waals surface area (Å²) in [6, 6.07) is 7.78. The second-order valence-electron chi connectivity index (χ2n) is 4.74. The summed E-state index contributed by atoms with van der Waals surface area (Å²) in [6.07, 6.45) is 0.716. The molecule has 1 rings (SSSR count). The van der Waals surface area contributed by atoms with E-state index in [9.17, 15) is 0 Å². The van der Waals surface area contributed by atoms with Crippen LogP contribution in [0.1, 0.15) is 25.0 Å². The van der Waals surface area contributed by atoms with Crippen molar-refractivity contribution in [3.8, 4) is 5.75 Å². The number of ether oxygens (including phenoxy) is 4. The first-order valence-corrected chi connectivity index (χ1v) is 7.30. The molecule has 2 N–H and O–H groups in total. The van der Waals surface area contributed by atoms with E-state index in [1.807, 2.05) is 24.3 Å². The normalized spacial score (nSPS) is 13.9. The monoisotopic (exact) mass is 297 g/mol. The quantitative estimate of drug-likeness (QED) is 0.634. The molecule has 120 valence electrons. The van der Waals surface area contributed by atoms with Crippen LogP contribution in [0.3, 0.4) is 0 Å².